The van der Waals surface area contributed by atoms with Crippen LogP contribution in [0.1, 0.15) is 44.1 Å². The Bertz CT molecular complexity index is 666. The summed E-state index contributed by atoms with van der Waals surface area (Å²) in [5.74, 6) is 0.550. The van der Waals surface area contributed by atoms with Crippen molar-refractivity contribution >= 4 is 17.5 Å². The van der Waals surface area contributed by atoms with E-state index >= 15 is 0 Å². The maximum Gasteiger partial charge on any atom is 0.225 e. The second-order valence-electron chi connectivity index (χ2n) is 8.34. The molecule has 1 saturated carbocycles. The van der Waals surface area contributed by atoms with Crippen LogP contribution in [0.15, 0.2) is 18.5 Å². The Morgan fingerprint density at radius 1 is 1.27 bits per heavy atom. The minimum Gasteiger partial charge on any atom is -0.392 e. The van der Waals surface area contributed by atoms with E-state index in [2.05, 4.69) is 9.88 Å². The smallest absolute Gasteiger partial charge is 0.225 e. The van der Waals surface area contributed by atoms with Gasteiger partial charge >= 0.3 is 0 Å². The normalized spacial score (nSPS) is 30.4. The number of nitrogens with zero attached hydrogens (tertiary/aromatic N) is 3. The van der Waals surface area contributed by atoms with E-state index in [1.807, 2.05) is 11.0 Å². The molecule has 1 aromatic heterocycles. The van der Waals surface area contributed by atoms with Gasteiger partial charge < -0.3 is 10.0 Å². The van der Waals surface area contributed by atoms with E-state index in [1.165, 1.54) is 6.42 Å². The van der Waals surface area contributed by atoms with Crippen LogP contribution in [-0.2, 0) is 11.3 Å². The Morgan fingerprint density at radius 2 is 2.12 bits per heavy atom. The summed E-state index contributed by atoms with van der Waals surface area (Å²) in [5, 5.41) is 11.5. The molecule has 1 amide bonds. The summed E-state index contributed by atoms with van der Waals surface area (Å²) in [4.78, 5) is 21.2. The van der Waals surface area contributed by atoms with Gasteiger partial charge in [0.25, 0.3) is 0 Å². The lowest BCUT2D eigenvalue weighted by Crippen LogP contribution is -2.60. The van der Waals surface area contributed by atoms with Gasteiger partial charge in [0.2, 0.25) is 5.91 Å². The zero-order valence-electron chi connectivity index (χ0n) is 15.2. The standard InChI is InChI=1S/C20H28ClN3O2/c21-17-11-22-8-5-16(17)12-23-10-6-18(25)20(13-23)7-2-9-24(14-20)19(26)15-3-1-4-15/h5,8,11,15,18,25H,1-4,6-7,9-10,12-14H2/t18-,20-/m1/s1. The summed E-state index contributed by atoms with van der Waals surface area (Å²) < 4.78 is 0. The first kappa shape index (κ1) is 18.2. The molecular weight excluding hydrogens is 350 g/mol. The van der Waals surface area contributed by atoms with Crippen molar-refractivity contribution in [3.63, 3.8) is 0 Å². The summed E-state index contributed by atoms with van der Waals surface area (Å²) >= 11 is 6.28. The molecule has 0 aromatic carbocycles. The van der Waals surface area contributed by atoms with Gasteiger partial charge in [0, 0.05) is 56.5 Å². The minimum atomic E-state index is -0.330. The first-order valence-electron chi connectivity index (χ1n) is 9.85. The number of aromatic nitrogens is 1. The number of halogens is 1. The summed E-state index contributed by atoms with van der Waals surface area (Å²) in [7, 11) is 0. The Kier molecular flexibility index (Phi) is 5.22. The van der Waals surface area contributed by atoms with Gasteiger partial charge in [-0.15, -0.1) is 0 Å². The van der Waals surface area contributed by atoms with Crippen molar-refractivity contribution in [2.24, 2.45) is 11.3 Å². The Labute approximate surface area is 160 Å². The monoisotopic (exact) mass is 377 g/mol. The fourth-order valence-electron chi connectivity index (χ4n) is 4.81. The third-order valence-corrected chi connectivity index (χ3v) is 6.93. The van der Waals surface area contributed by atoms with E-state index in [4.69, 9.17) is 11.6 Å². The van der Waals surface area contributed by atoms with E-state index in [9.17, 15) is 9.90 Å². The summed E-state index contributed by atoms with van der Waals surface area (Å²) in [6.07, 6.45) is 9.12. The second kappa shape index (κ2) is 7.45. The van der Waals surface area contributed by atoms with Crippen molar-refractivity contribution in [3.05, 3.63) is 29.0 Å². The van der Waals surface area contributed by atoms with Crippen molar-refractivity contribution in [3.8, 4) is 0 Å². The van der Waals surface area contributed by atoms with Gasteiger partial charge in [-0.05, 0) is 43.7 Å². The molecule has 6 heteroatoms. The summed E-state index contributed by atoms with van der Waals surface area (Å²) in [5.41, 5.74) is 0.876. The minimum absolute atomic E-state index is 0.199. The van der Waals surface area contributed by atoms with Crippen LogP contribution in [0.5, 0.6) is 0 Å². The van der Waals surface area contributed by atoms with Crippen LogP contribution in [0, 0.1) is 11.3 Å². The highest BCUT2D eigenvalue weighted by atomic mass is 35.5. The third-order valence-electron chi connectivity index (χ3n) is 6.59. The molecule has 1 aromatic rings. The number of carbonyl (C=O) groups is 1. The number of amides is 1. The van der Waals surface area contributed by atoms with Crippen molar-refractivity contribution in [1.29, 1.82) is 0 Å². The lowest BCUT2D eigenvalue weighted by Gasteiger charge is -2.51. The van der Waals surface area contributed by atoms with Gasteiger partial charge in [0.1, 0.15) is 0 Å². The molecule has 2 atom stereocenters. The molecule has 142 valence electrons. The van der Waals surface area contributed by atoms with E-state index in [-0.39, 0.29) is 17.4 Å². The molecule has 1 N–H and O–H groups in total. The highest BCUT2D eigenvalue weighted by molar-refractivity contribution is 6.31. The predicted molar refractivity (Wildman–Crippen MR) is 101 cm³/mol. The fourth-order valence-corrected chi connectivity index (χ4v) is 4.99. The highest BCUT2D eigenvalue weighted by Crippen LogP contribution is 2.40. The zero-order chi connectivity index (χ0) is 18.1. The Hall–Kier alpha value is -1.17. The molecule has 3 aliphatic rings. The van der Waals surface area contributed by atoms with Gasteiger partial charge in [0.05, 0.1) is 11.1 Å². The maximum absolute atomic E-state index is 12.7. The van der Waals surface area contributed by atoms with Crippen LogP contribution in [0.4, 0.5) is 0 Å². The lowest BCUT2D eigenvalue weighted by molar-refractivity contribution is -0.148. The summed E-state index contributed by atoms with van der Waals surface area (Å²) in [6.45, 7) is 4.00. The molecule has 2 aliphatic heterocycles. The fraction of sp³-hybridized carbons (Fsp3) is 0.700. The number of aliphatic hydroxyl groups excluding tert-OH is 1. The van der Waals surface area contributed by atoms with Crippen LogP contribution >= 0.6 is 11.6 Å². The van der Waals surface area contributed by atoms with Crippen molar-refractivity contribution in [2.75, 3.05) is 26.2 Å². The molecule has 3 heterocycles. The highest BCUT2D eigenvalue weighted by Gasteiger charge is 2.47. The number of hydrogen-bond acceptors (Lipinski definition) is 4. The topological polar surface area (TPSA) is 56.7 Å². The van der Waals surface area contributed by atoms with E-state index in [0.29, 0.717) is 17.5 Å². The Morgan fingerprint density at radius 3 is 2.85 bits per heavy atom. The van der Waals surface area contributed by atoms with Gasteiger partial charge in [-0.1, -0.05) is 18.0 Å². The van der Waals surface area contributed by atoms with Crippen LogP contribution in [-0.4, -0.2) is 58.1 Å². The molecule has 5 nitrogen and oxygen atoms in total. The number of aliphatic hydroxyl groups is 1. The number of rotatable bonds is 3. The van der Waals surface area contributed by atoms with Crippen LogP contribution in [0.3, 0.4) is 0 Å². The number of carbonyl (C=O) groups excluding carboxylic acids is 1. The summed E-state index contributed by atoms with van der Waals surface area (Å²) in [6, 6.07) is 1.97. The van der Waals surface area contributed by atoms with Gasteiger partial charge in [-0.25, -0.2) is 0 Å². The molecule has 3 fully saturated rings. The average Bonchev–Trinajstić information content (AvgIpc) is 2.59. The quantitative estimate of drug-likeness (QED) is 0.879. The van der Waals surface area contributed by atoms with Crippen LogP contribution in [0.2, 0.25) is 5.02 Å². The average molecular weight is 378 g/mol. The second-order valence-corrected chi connectivity index (χ2v) is 8.74. The lowest BCUT2D eigenvalue weighted by atomic mass is 9.71. The third kappa shape index (κ3) is 3.49. The molecular formula is C20H28ClN3O2. The van der Waals surface area contributed by atoms with E-state index in [1.54, 1.807) is 12.4 Å². The van der Waals surface area contributed by atoms with Crippen LogP contribution < -0.4 is 0 Å². The van der Waals surface area contributed by atoms with Crippen molar-refractivity contribution < 1.29 is 9.90 Å². The van der Waals surface area contributed by atoms with Crippen molar-refractivity contribution in [2.45, 2.75) is 51.2 Å². The molecule has 0 bridgehead atoms. The van der Waals surface area contributed by atoms with Crippen LogP contribution in [0.25, 0.3) is 0 Å². The molecule has 1 spiro atoms. The Balaban J connectivity index is 1.46. The molecule has 0 radical (unpaired) electrons. The maximum atomic E-state index is 12.7. The molecule has 2 saturated heterocycles. The van der Waals surface area contributed by atoms with Crippen molar-refractivity contribution in [1.82, 2.24) is 14.8 Å². The number of likely N-dealkylation sites (tertiary alicyclic amines) is 2. The number of pyridine rings is 1. The number of piperidine rings is 2. The molecule has 0 unspecified atom stereocenters. The largest absolute Gasteiger partial charge is 0.392 e. The first-order valence-corrected chi connectivity index (χ1v) is 10.2. The molecule has 1 aliphatic carbocycles. The predicted octanol–water partition coefficient (Wildman–Crippen LogP) is 2.71. The zero-order valence-corrected chi connectivity index (χ0v) is 16.0. The van der Waals surface area contributed by atoms with E-state index in [0.717, 1.165) is 63.8 Å². The van der Waals surface area contributed by atoms with E-state index < -0.39 is 0 Å². The number of hydrogen-bond donors (Lipinski definition) is 1. The van der Waals surface area contributed by atoms with Gasteiger partial charge in [0.15, 0.2) is 0 Å². The molecule has 4 rings (SSSR count). The molecule has 26 heavy (non-hydrogen) atoms. The van der Waals surface area contributed by atoms with Gasteiger partial charge in [-0.3, -0.25) is 14.7 Å². The SMILES string of the molecule is O=C(C1CCC1)N1CCC[C@@]2(CN(Cc3ccncc3Cl)CC[C@H]2O)C1. The van der Waals surface area contributed by atoms with Gasteiger partial charge in [-0.2, -0.15) is 0 Å². The first-order chi connectivity index (χ1) is 12.6.